The zero-order valence-corrected chi connectivity index (χ0v) is 13.9. The van der Waals surface area contributed by atoms with E-state index in [0.717, 1.165) is 48.9 Å². The van der Waals surface area contributed by atoms with Crippen LogP contribution in [0.15, 0.2) is 42.5 Å². The van der Waals surface area contributed by atoms with E-state index in [1.165, 1.54) is 16.9 Å². The highest BCUT2D eigenvalue weighted by Crippen LogP contribution is 2.33. The van der Waals surface area contributed by atoms with Crippen molar-refractivity contribution in [3.63, 3.8) is 0 Å². The summed E-state index contributed by atoms with van der Waals surface area (Å²) >= 11 is 1.48. The standard InChI is InChI=1S/C18H10N6S/c1-9-6-7-10-13(8-9)20-15-14(10)22-23-18-24(15)16-17(25-18)21-12-5-3-2-4-11(12)19-16/h2-8H,1H3. The lowest BCUT2D eigenvalue weighted by atomic mass is 10.1. The molecule has 6 rings (SSSR count). The summed E-state index contributed by atoms with van der Waals surface area (Å²) in [5.74, 6) is 0.779. The minimum atomic E-state index is 0.748. The van der Waals surface area contributed by atoms with Gasteiger partial charge >= 0.3 is 0 Å². The fraction of sp³-hybridized carbons (Fsp3) is 0.0556. The van der Waals surface area contributed by atoms with Gasteiger partial charge in [-0.15, -0.1) is 10.2 Å². The lowest BCUT2D eigenvalue weighted by molar-refractivity contribution is 0.994. The maximum absolute atomic E-state index is 4.81. The van der Waals surface area contributed by atoms with E-state index in [1.807, 2.05) is 28.7 Å². The van der Waals surface area contributed by atoms with Crippen LogP contribution in [0.1, 0.15) is 5.56 Å². The highest BCUT2D eigenvalue weighted by molar-refractivity contribution is 7.23. The van der Waals surface area contributed by atoms with E-state index >= 15 is 0 Å². The Kier molecular flexibility index (Phi) is 2.34. The van der Waals surface area contributed by atoms with Crippen molar-refractivity contribution in [2.75, 3.05) is 0 Å². The van der Waals surface area contributed by atoms with E-state index in [0.29, 0.717) is 0 Å². The zero-order chi connectivity index (χ0) is 16.5. The number of para-hydroxylation sites is 2. The van der Waals surface area contributed by atoms with Crippen LogP contribution in [0.25, 0.3) is 48.9 Å². The maximum atomic E-state index is 4.81. The van der Waals surface area contributed by atoms with Crippen molar-refractivity contribution >= 4 is 48.7 Å². The maximum Gasteiger partial charge on any atom is 0.220 e. The number of aryl methyl sites for hydroxylation is 1. The molecule has 118 valence electrons. The van der Waals surface area contributed by atoms with Crippen molar-refractivity contribution in [3.8, 4) is 11.5 Å². The molecule has 2 aliphatic rings. The van der Waals surface area contributed by atoms with Crippen molar-refractivity contribution in [1.82, 2.24) is 29.5 Å². The second kappa shape index (κ2) is 4.46. The Hall–Kier alpha value is -3.19. The molecule has 0 spiro atoms. The van der Waals surface area contributed by atoms with Crippen LogP contribution >= 0.6 is 11.3 Å². The number of hydrogen-bond donors (Lipinski definition) is 0. The van der Waals surface area contributed by atoms with Gasteiger partial charge in [0, 0.05) is 5.39 Å². The molecule has 25 heavy (non-hydrogen) atoms. The molecule has 0 aliphatic carbocycles. The highest BCUT2D eigenvalue weighted by Gasteiger charge is 2.21. The molecule has 0 bridgehead atoms. The van der Waals surface area contributed by atoms with E-state index in [2.05, 4.69) is 35.3 Å². The molecular weight excluding hydrogens is 332 g/mol. The molecule has 0 saturated heterocycles. The highest BCUT2D eigenvalue weighted by atomic mass is 32.1. The number of thiazole rings is 1. The Labute approximate surface area is 145 Å². The average Bonchev–Trinajstić information content (AvgIpc) is 3.16. The van der Waals surface area contributed by atoms with Crippen molar-refractivity contribution in [1.29, 1.82) is 0 Å². The molecule has 4 aromatic rings. The van der Waals surface area contributed by atoms with Gasteiger partial charge in [0.1, 0.15) is 5.69 Å². The topological polar surface area (TPSA) is 68.9 Å². The second-order valence-corrected chi connectivity index (χ2v) is 7.02. The lowest BCUT2D eigenvalue weighted by Crippen LogP contribution is -1.99. The Morgan fingerprint density at radius 3 is 2.60 bits per heavy atom. The minimum Gasteiger partial charge on any atom is -0.248 e. The van der Waals surface area contributed by atoms with E-state index < -0.39 is 0 Å². The predicted octanol–water partition coefficient (Wildman–Crippen LogP) is 3.85. The summed E-state index contributed by atoms with van der Waals surface area (Å²) in [7, 11) is 0. The Morgan fingerprint density at radius 2 is 1.72 bits per heavy atom. The SMILES string of the molecule is Cc1ccc2c3nnc4sc5nc6ccccc6nc5n4c-3nc2c1. The van der Waals surface area contributed by atoms with Crippen molar-refractivity contribution < 1.29 is 0 Å². The zero-order valence-electron chi connectivity index (χ0n) is 13.1. The van der Waals surface area contributed by atoms with Gasteiger partial charge in [0.25, 0.3) is 0 Å². The van der Waals surface area contributed by atoms with Gasteiger partial charge in [-0.25, -0.2) is 19.4 Å². The third kappa shape index (κ3) is 1.70. The van der Waals surface area contributed by atoms with E-state index in [1.54, 1.807) is 0 Å². The Balaban J connectivity index is 1.83. The minimum absolute atomic E-state index is 0.748. The number of rotatable bonds is 0. The fourth-order valence-electron chi connectivity index (χ4n) is 3.24. The number of benzene rings is 2. The first-order chi connectivity index (χ1) is 12.3. The average molecular weight is 342 g/mol. The van der Waals surface area contributed by atoms with E-state index in [4.69, 9.17) is 15.0 Å². The van der Waals surface area contributed by atoms with Crippen molar-refractivity contribution in [2.24, 2.45) is 0 Å². The molecule has 4 heterocycles. The molecule has 0 radical (unpaired) electrons. The molecule has 6 nitrogen and oxygen atoms in total. The Morgan fingerprint density at radius 1 is 0.880 bits per heavy atom. The molecule has 0 N–H and O–H groups in total. The van der Waals surface area contributed by atoms with Gasteiger partial charge in [-0.05, 0) is 30.7 Å². The summed E-state index contributed by atoms with van der Waals surface area (Å²) in [5.41, 5.74) is 5.41. The van der Waals surface area contributed by atoms with Crippen LogP contribution in [0.4, 0.5) is 0 Å². The molecule has 0 unspecified atom stereocenters. The summed E-state index contributed by atoms with van der Waals surface area (Å²) in [5, 5.41) is 9.82. The molecule has 0 amide bonds. The van der Waals surface area contributed by atoms with Crippen LogP contribution in [-0.2, 0) is 0 Å². The van der Waals surface area contributed by atoms with Gasteiger partial charge in [0.05, 0.1) is 16.6 Å². The molecule has 2 aromatic carbocycles. The van der Waals surface area contributed by atoms with Crippen LogP contribution in [0, 0.1) is 6.92 Å². The van der Waals surface area contributed by atoms with Gasteiger partial charge < -0.3 is 0 Å². The van der Waals surface area contributed by atoms with Gasteiger partial charge in [-0.2, -0.15) is 0 Å². The van der Waals surface area contributed by atoms with Crippen molar-refractivity contribution in [3.05, 3.63) is 48.0 Å². The monoisotopic (exact) mass is 342 g/mol. The molecule has 2 aliphatic heterocycles. The number of fused-ring (bicyclic) bond motifs is 8. The summed E-state index contributed by atoms with van der Waals surface area (Å²) < 4.78 is 1.97. The first-order valence-electron chi connectivity index (χ1n) is 7.88. The second-order valence-electron chi connectivity index (χ2n) is 6.07. The van der Waals surface area contributed by atoms with Gasteiger partial charge in [0.2, 0.25) is 4.96 Å². The normalized spacial score (nSPS) is 12.2. The summed E-state index contributed by atoms with van der Waals surface area (Å²) in [6, 6.07) is 14.1. The summed E-state index contributed by atoms with van der Waals surface area (Å²) in [6.45, 7) is 2.06. The van der Waals surface area contributed by atoms with Crippen LogP contribution in [0.3, 0.4) is 0 Å². The molecule has 0 fully saturated rings. The van der Waals surface area contributed by atoms with Crippen LogP contribution in [0.2, 0.25) is 0 Å². The fourth-order valence-corrected chi connectivity index (χ4v) is 4.13. The largest absolute Gasteiger partial charge is 0.248 e. The van der Waals surface area contributed by atoms with Crippen molar-refractivity contribution in [2.45, 2.75) is 6.92 Å². The quantitative estimate of drug-likeness (QED) is 0.419. The first kappa shape index (κ1) is 13.1. The smallest absolute Gasteiger partial charge is 0.220 e. The van der Waals surface area contributed by atoms with Gasteiger partial charge in [-0.3, -0.25) is 0 Å². The van der Waals surface area contributed by atoms with Gasteiger partial charge in [0.15, 0.2) is 16.3 Å². The molecular formula is C18H10N6S. The van der Waals surface area contributed by atoms with Crippen LogP contribution < -0.4 is 0 Å². The molecule has 0 atom stereocenters. The third-order valence-electron chi connectivity index (χ3n) is 4.41. The molecule has 7 heteroatoms. The number of nitrogens with zero attached hydrogens (tertiary/aromatic N) is 6. The first-order valence-corrected chi connectivity index (χ1v) is 8.70. The van der Waals surface area contributed by atoms with E-state index in [-0.39, 0.29) is 0 Å². The van der Waals surface area contributed by atoms with Crippen LogP contribution in [-0.4, -0.2) is 29.5 Å². The van der Waals surface area contributed by atoms with Crippen LogP contribution in [0.5, 0.6) is 0 Å². The summed E-state index contributed by atoms with van der Waals surface area (Å²) in [6.07, 6.45) is 0. The Bertz CT molecular complexity index is 1410. The predicted molar refractivity (Wildman–Crippen MR) is 98.1 cm³/mol. The molecule has 0 saturated carbocycles. The number of aromatic nitrogens is 6. The van der Waals surface area contributed by atoms with E-state index in [9.17, 15) is 0 Å². The molecule has 2 aromatic heterocycles. The summed E-state index contributed by atoms with van der Waals surface area (Å²) in [4.78, 5) is 15.9. The van der Waals surface area contributed by atoms with Gasteiger partial charge in [-0.1, -0.05) is 35.6 Å². The third-order valence-corrected chi connectivity index (χ3v) is 5.32. The lowest BCUT2D eigenvalue weighted by Gasteiger charge is -2.01. The number of hydrogen-bond acceptors (Lipinski definition) is 6.